The Morgan fingerprint density at radius 2 is 2.12 bits per heavy atom. The molecule has 0 aliphatic heterocycles. The number of thiazole rings is 1. The van der Waals surface area contributed by atoms with Gasteiger partial charge in [-0.3, -0.25) is 4.79 Å². The van der Waals surface area contributed by atoms with Crippen LogP contribution in [0.2, 0.25) is 5.02 Å². The Kier molecular flexibility index (Phi) is 5.08. The number of fused-ring (bicyclic) bond motifs is 1. The second-order valence-electron chi connectivity index (χ2n) is 5.04. The molecule has 0 aliphatic carbocycles. The van der Waals surface area contributed by atoms with E-state index >= 15 is 0 Å². The highest BCUT2D eigenvalue weighted by Crippen LogP contribution is 2.19. The molecule has 3 rings (SSSR count). The SMILES string of the molecule is COCCn1c(=NC(=O)c2ccc(F)cc2Cl)sc2ccccc21. The minimum atomic E-state index is -0.502. The molecule has 0 unspecified atom stereocenters. The number of carbonyl (C=O) groups is 1. The van der Waals surface area contributed by atoms with Crippen molar-refractivity contribution in [1.82, 2.24) is 4.57 Å². The Balaban J connectivity index is 2.10. The maximum absolute atomic E-state index is 13.1. The smallest absolute Gasteiger partial charge is 0.281 e. The third-order valence-electron chi connectivity index (χ3n) is 3.47. The first kappa shape index (κ1) is 16.8. The molecule has 0 bridgehead atoms. The van der Waals surface area contributed by atoms with E-state index in [4.69, 9.17) is 16.3 Å². The van der Waals surface area contributed by atoms with Crippen LogP contribution in [0.1, 0.15) is 10.4 Å². The van der Waals surface area contributed by atoms with Crippen LogP contribution in [0.4, 0.5) is 4.39 Å². The van der Waals surface area contributed by atoms with E-state index in [9.17, 15) is 9.18 Å². The summed E-state index contributed by atoms with van der Waals surface area (Å²) < 4.78 is 21.2. The molecular formula is C17H14ClFN2O2S. The summed E-state index contributed by atoms with van der Waals surface area (Å²) in [6, 6.07) is 11.4. The Morgan fingerprint density at radius 3 is 2.88 bits per heavy atom. The minimum Gasteiger partial charge on any atom is -0.383 e. The zero-order valence-electron chi connectivity index (χ0n) is 12.8. The van der Waals surface area contributed by atoms with Gasteiger partial charge < -0.3 is 9.30 Å². The van der Waals surface area contributed by atoms with E-state index in [2.05, 4.69) is 4.99 Å². The van der Waals surface area contributed by atoms with Crippen LogP contribution in [-0.2, 0) is 11.3 Å². The molecule has 0 saturated heterocycles. The number of carbonyl (C=O) groups excluding carboxylic acids is 1. The molecule has 0 spiro atoms. The van der Waals surface area contributed by atoms with Gasteiger partial charge in [-0.05, 0) is 30.3 Å². The predicted molar refractivity (Wildman–Crippen MR) is 93.0 cm³/mol. The zero-order chi connectivity index (χ0) is 17.1. The van der Waals surface area contributed by atoms with Gasteiger partial charge in [0, 0.05) is 13.7 Å². The average Bonchev–Trinajstić information content (AvgIpc) is 2.89. The summed E-state index contributed by atoms with van der Waals surface area (Å²) in [7, 11) is 1.62. The van der Waals surface area contributed by atoms with Gasteiger partial charge >= 0.3 is 0 Å². The number of hydrogen-bond donors (Lipinski definition) is 0. The van der Waals surface area contributed by atoms with E-state index in [1.807, 2.05) is 28.8 Å². The lowest BCUT2D eigenvalue weighted by Crippen LogP contribution is -2.19. The van der Waals surface area contributed by atoms with E-state index in [0.717, 1.165) is 16.3 Å². The zero-order valence-corrected chi connectivity index (χ0v) is 14.4. The number of methoxy groups -OCH3 is 1. The highest BCUT2D eigenvalue weighted by molar-refractivity contribution is 7.16. The van der Waals surface area contributed by atoms with E-state index in [1.165, 1.54) is 23.5 Å². The van der Waals surface area contributed by atoms with Crippen molar-refractivity contribution in [3.8, 4) is 0 Å². The van der Waals surface area contributed by atoms with Crippen molar-refractivity contribution in [1.29, 1.82) is 0 Å². The monoisotopic (exact) mass is 364 g/mol. The predicted octanol–water partition coefficient (Wildman–Crippen LogP) is 3.88. The molecule has 0 saturated carbocycles. The van der Waals surface area contributed by atoms with Crippen LogP contribution in [0.25, 0.3) is 10.2 Å². The number of nitrogens with zero attached hydrogens (tertiary/aromatic N) is 2. The van der Waals surface area contributed by atoms with Crippen molar-refractivity contribution in [2.75, 3.05) is 13.7 Å². The van der Waals surface area contributed by atoms with Gasteiger partial charge in [-0.2, -0.15) is 4.99 Å². The van der Waals surface area contributed by atoms with Gasteiger partial charge in [0.1, 0.15) is 5.82 Å². The molecule has 1 amide bonds. The molecule has 24 heavy (non-hydrogen) atoms. The quantitative estimate of drug-likeness (QED) is 0.705. The number of benzene rings is 2. The third kappa shape index (κ3) is 3.40. The number of amides is 1. The van der Waals surface area contributed by atoms with Crippen LogP contribution in [0.15, 0.2) is 47.5 Å². The Hall–Kier alpha value is -2.02. The van der Waals surface area contributed by atoms with Crippen LogP contribution in [-0.4, -0.2) is 24.2 Å². The first-order valence-electron chi connectivity index (χ1n) is 7.21. The Labute approximate surface area is 146 Å². The first-order chi connectivity index (χ1) is 11.6. The van der Waals surface area contributed by atoms with Crippen LogP contribution in [0.5, 0.6) is 0 Å². The fourth-order valence-electron chi connectivity index (χ4n) is 2.31. The maximum atomic E-state index is 13.1. The highest BCUT2D eigenvalue weighted by atomic mass is 35.5. The first-order valence-corrected chi connectivity index (χ1v) is 8.41. The molecule has 4 nitrogen and oxygen atoms in total. The Morgan fingerprint density at radius 1 is 1.33 bits per heavy atom. The van der Waals surface area contributed by atoms with Gasteiger partial charge in [0.2, 0.25) is 0 Å². The van der Waals surface area contributed by atoms with Gasteiger partial charge in [0.15, 0.2) is 4.80 Å². The van der Waals surface area contributed by atoms with Gasteiger partial charge in [0.05, 0.1) is 27.4 Å². The van der Waals surface area contributed by atoms with Crippen molar-refractivity contribution < 1.29 is 13.9 Å². The second kappa shape index (κ2) is 7.25. The van der Waals surface area contributed by atoms with Crippen LogP contribution >= 0.6 is 22.9 Å². The van der Waals surface area contributed by atoms with Gasteiger partial charge in [-0.1, -0.05) is 35.1 Å². The van der Waals surface area contributed by atoms with E-state index in [0.29, 0.717) is 18.0 Å². The largest absolute Gasteiger partial charge is 0.383 e. The number of ether oxygens (including phenoxy) is 1. The van der Waals surface area contributed by atoms with Crippen molar-refractivity contribution in [2.24, 2.45) is 4.99 Å². The number of halogens is 2. The molecule has 0 radical (unpaired) electrons. The molecular weight excluding hydrogens is 351 g/mol. The molecule has 0 fully saturated rings. The summed E-state index contributed by atoms with van der Waals surface area (Å²) >= 11 is 7.36. The fourth-order valence-corrected chi connectivity index (χ4v) is 3.62. The summed E-state index contributed by atoms with van der Waals surface area (Å²) in [6.45, 7) is 1.07. The topological polar surface area (TPSA) is 43.6 Å². The fraction of sp³-hybridized carbons (Fsp3) is 0.176. The molecule has 1 aromatic heterocycles. The van der Waals surface area contributed by atoms with Crippen molar-refractivity contribution >= 4 is 39.1 Å². The summed E-state index contributed by atoms with van der Waals surface area (Å²) in [5, 5.41) is 0.0494. The van der Waals surface area contributed by atoms with E-state index in [1.54, 1.807) is 7.11 Å². The number of para-hydroxylation sites is 1. The molecule has 0 atom stereocenters. The lowest BCUT2D eigenvalue weighted by molar-refractivity contribution is 0.0997. The molecule has 7 heteroatoms. The second-order valence-corrected chi connectivity index (χ2v) is 6.45. The average molecular weight is 365 g/mol. The third-order valence-corrected chi connectivity index (χ3v) is 4.84. The number of aromatic nitrogens is 1. The van der Waals surface area contributed by atoms with Gasteiger partial charge in [0.25, 0.3) is 5.91 Å². The van der Waals surface area contributed by atoms with Crippen molar-refractivity contribution in [2.45, 2.75) is 6.54 Å². The lowest BCUT2D eigenvalue weighted by atomic mass is 10.2. The molecule has 0 N–H and O–H groups in total. The van der Waals surface area contributed by atoms with Crippen LogP contribution < -0.4 is 4.80 Å². The molecule has 2 aromatic carbocycles. The van der Waals surface area contributed by atoms with Crippen molar-refractivity contribution in [3.05, 3.63) is 63.7 Å². The van der Waals surface area contributed by atoms with Gasteiger partial charge in [-0.15, -0.1) is 0 Å². The molecule has 1 heterocycles. The Bertz CT molecular complexity index is 965. The van der Waals surface area contributed by atoms with Crippen molar-refractivity contribution in [3.63, 3.8) is 0 Å². The lowest BCUT2D eigenvalue weighted by Gasteiger charge is -2.04. The van der Waals surface area contributed by atoms with Gasteiger partial charge in [-0.25, -0.2) is 4.39 Å². The summed E-state index contributed by atoms with van der Waals surface area (Å²) in [5.41, 5.74) is 1.16. The maximum Gasteiger partial charge on any atom is 0.281 e. The summed E-state index contributed by atoms with van der Waals surface area (Å²) in [6.07, 6.45) is 0. The molecule has 3 aromatic rings. The normalized spacial score (nSPS) is 12.0. The minimum absolute atomic E-state index is 0.0494. The van der Waals surface area contributed by atoms with Crippen LogP contribution in [0.3, 0.4) is 0 Å². The van der Waals surface area contributed by atoms with Crippen LogP contribution in [0, 0.1) is 5.82 Å². The number of rotatable bonds is 4. The van der Waals surface area contributed by atoms with E-state index < -0.39 is 11.7 Å². The molecule has 0 aliphatic rings. The standard InChI is InChI=1S/C17H14ClFN2O2S/c1-23-9-8-21-14-4-2-3-5-15(14)24-17(21)20-16(22)12-7-6-11(19)10-13(12)18/h2-7,10H,8-9H2,1H3. The highest BCUT2D eigenvalue weighted by Gasteiger charge is 2.12. The van der Waals surface area contributed by atoms with E-state index in [-0.39, 0.29) is 10.6 Å². The summed E-state index contributed by atoms with van der Waals surface area (Å²) in [4.78, 5) is 17.2. The summed E-state index contributed by atoms with van der Waals surface area (Å²) in [5.74, 6) is -0.994. The molecule has 124 valence electrons. The number of hydrogen-bond acceptors (Lipinski definition) is 3.